The lowest BCUT2D eigenvalue weighted by molar-refractivity contribution is -0.142. The number of phenols is 1. The summed E-state index contributed by atoms with van der Waals surface area (Å²) in [6, 6.07) is 3.77. The second-order valence-electron chi connectivity index (χ2n) is 9.41. The highest BCUT2D eigenvalue weighted by Gasteiger charge is 2.56. The van der Waals surface area contributed by atoms with Crippen molar-refractivity contribution in [1.82, 2.24) is 4.90 Å². The molecule has 0 radical (unpaired) electrons. The number of amides is 2. The fourth-order valence-electron chi connectivity index (χ4n) is 5.96. The summed E-state index contributed by atoms with van der Waals surface area (Å²) in [6.07, 6.45) is 2.97. The Morgan fingerprint density at radius 2 is 1.89 bits per heavy atom. The van der Waals surface area contributed by atoms with Gasteiger partial charge in [-0.1, -0.05) is 17.7 Å². The van der Waals surface area contributed by atoms with Crippen molar-refractivity contribution in [2.75, 3.05) is 6.54 Å². The van der Waals surface area contributed by atoms with E-state index in [9.17, 15) is 33.5 Å². The van der Waals surface area contributed by atoms with Gasteiger partial charge in [0.2, 0.25) is 11.8 Å². The number of ketones is 2. The van der Waals surface area contributed by atoms with Crippen LogP contribution in [0.2, 0.25) is 0 Å². The molecule has 0 aromatic heterocycles. The monoisotopic (exact) mass is 479 g/mol. The Kier molecular flexibility index (Phi) is 5.30. The summed E-state index contributed by atoms with van der Waals surface area (Å²) >= 11 is 0. The zero-order valence-electron chi connectivity index (χ0n) is 18.8. The summed E-state index contributed by atoms with van der Waals surface area (Å²) in [5.41, 5.74) is 1.76. The predicted molar refractivity (Wildman–Crippen MR) is 118 cm³/mol. The van der Waals surface area contributed by atoms with E-state index in [1.54, 1.807) is 6.08 Å². The normalized spacial score (nSPS) is 27.9. The molecule has 0 bridgehead atoms. The molecule has 1 aliphatic heterocycles. The largest absolute Gasteiger partial charge is 0.505 e. The van der Waals surface area contributed by atoms with Crippen LogP contribution in [0.4, 0.5) is 4.39 Å². The smallest absolute Gasteiger partial charge is 0.305 e. The van der Waals surface area contributed by atoms with Gasteiger partial charge in [0.05, 0.1) is 18.3 Å². The maximum absolute atomic E-state index is 14.3. The minimum Gasteiger partial charge on any atom is -0.505 e. The van der Waals surface area contributed by atoms with E-state index in [4.69, 9.17) is 5.11 Å². The van der Waals surface area contributed by atoms with E-state index in [-0.39, 0.29) is 54.1 Å². The molecule has 4 unspecified atom stereocenters. The predicted octanol–water partition coefficient (Wildman–Crippen LogP) is 2.44. The zero-order chi connectivity index (χ0) is 25.2. The molecule has 8 nitrogen and oxygen atoms in total. The minimum absolute atomic E-state index is 0.0843. The number of allylic oxidation sites excluding steroid dienone is 6. The number of hydrogen-bond donors (Lipinski definition) is 2. The van der Waals surface area contributed by atoms with Crippen molar-refractivity contribution in [2.24, 2.45) is 17.8 Å². The zero-order valence-corrected chi connectivity index (χ0v) is 18.8. The molecule has 0 saturated carbocycles. The van der Waals surface area contributed by atoms with Crippen molar-refractivity contribution < 1.29 is 38.6 Å². The number of carbonyl (C=O) groups is 5. The summed E-state index contributed by atoms with van der Waals surface area (Å²) in [5.74, 6) is -7.06. The van der Waals surface area contributed by atoms with Crippen LogP contribution in [-0.2, 0) is 24.0 Å². The summed E-state index contributed by atoms with van der Waals surface area (Å²) in [6.45, 7) is 1.30. The highest BCUT2D eigenvalue weighted by Crippen LogP contribution is 2.55. The number of hydrogen-bond acceptors (Lipinski definition) is 6. The first-order chi connectivity index (χ1) is 16.6. The molecule has 1 saturated heterocycles. The number of nitrogens with zero attached hydrogens (tertiary/aromatic N) is 1. The quantitative estimate of drug-likeness (QED) is 0.386. The fraction of sp³-hybridized carbons (Fsp3) is 0.346. The summed E-state index contributed by atoms with van der Waals surface area (Å²) in [4.78, 5) is 64.6. The molecule has 0 spiro atoms. The third-order valence-electron chi connectivity index (χ3n) is 7.51. The van der Waals surface area contributed by atoms with Crippen LogP contribution in [0.3, 0.4) is 0 Å². The van der Waals surface area contributed by atoms with Crippen LogP contribution in [0.15, 0.2) is 52.6 Å². The first kappa shape index (κ1) is 22.9. The van der Waals surface area contributed by atoms with E-state index >= 15 is 0 Å². The first-order valence-corrected chi connectivity index (χ1v) is 11.4. The third kappa shape index (κ3) is 3.45. The number of benzene rings is 1. The van der Waals surface area contributed by atoms with Crippen LogP contribution in [0, 0.1) is 23.6 Å². The number of rotatable bonds is 4. The Balaban J connectivity index is 1.63. The number of likely N-dealkylation sites (tertiary alicyclic amines) is 1. The number of fused-ring (bicyclic) bond motifs is 3. The molecule has 2 amide bonds. The van der Waals surface area contributed by atoms with Gasteiger partial charge in [0.1, 0.15) is 0 Å². The van der Waals surface area contributed by atoms with Gasteiger partial charge >= 0.3 is 5.97 Å². The molecule has 4 aliphatic rings. The lowest BCUT2D eigenvalue weighted by Gasteiger charge is -2.42. The molecular formula is C26H22FNO7. The number of aliphatic carboxylic acids is 1. The van der Waals surface area contributed by atoms with Gasteiger partial charge in [-0.05, 0) is 49.5 Å². The number of imide groups is 1. The van der Waals surface area contributed by atoms with Gasteiger partial charge in [-0.15, -0.1) is 0 Å². The van der Waals surface area contributed by atoms with Crippen molar-refractivity contribution in [3.63, 3.8) is 0 Å². The SMILES string of the molecule is CC1=CC(=O)C2=C(CC3C(=CCC4C(=O)N(CCC(=O)O)C(=O)C43)C2c2ccc(O)c(F)c2)C1=O. The molecule has 4 atom stereocenters. The summed E-state index contributed by atoms with van der Waals surface area (Å²) < 4.78 is 14.3. The van der Waals surface area contributed by atoms with Crippen LogP contribution in [0.25, 0.3) is 0 Å². The van der Waals surface area contributed by atoms with Gasteiger partial charge < -0.3 is 10.2 Å². The molecule has 5 rings (SSSR count). The molecule has 9 heteroatoms. The van der Waals surface area contributed by atoms with Crippen molar-refractivity contribution in [1.29, 1.82) is 0 Å². The van der Waals surface area contributed by atoms with E-state index in [0.717, 1.165) is 11.0 Å². The van der Waals surface area contributed by atoms with E-state index in [0.29, 0.717) is 11.1 Å². The average Bonchev–Trinajstić information content (AvgIpc) is 3.06. The fourth-order valence-corrected chi connectivity index (χ4v) is 5.96. The molecular weight excluding hydrogens is 457 g/mol. The molecule has 180 valence electrons. The number of aromatic hydroxyl groups is 1. The molecule has 1 aromatic rings. The Labute approximate surface area is 199 Å². The van der Waals surface area contributed by atoms with Crippen LogP contribution in [0.5, 0.6) is 5.75 Å². The maximum Gasteiger partial charge on any atom is 0.305 e. The average molecular weight is 479 g/mol. The molecule has 3 aliphatic carbocycles. The number of phenolic OH excluding ortho intramolecular Hbond substituents is 1. The first-order valence-electron chi connectivity index (χ1n) is 11.4. The minimum atomic E-state index is -1.13. The second kappa shape index (κ2) is 8.11. The van der Waals surface area contributed by atoms with Crippen molar-refractivity contribution >= 4 is 29.4 Å². The Hall–Kier alpha value is -3.88. The van der Waals surface area contributed by atoms with Gasteiger partial charge in [-0.25, -0.2) is 4.39 Å². The van der Waals surface area contributed by atoms with Gasteiger partial charge in [0, 0.05) is 29.2 Å². The van der Waals surface area contributed by atoms with Gasteiger partial charge in [0.15, 0.2) is 23.1 Å². The summed E-state index contributed by atoms with van der Waals surface area (Å²) in [5, 5.41) is 18.7. The van der Waals surface area contributed by atoms with E-state index in [2.05, 4.69) is 0 Å². The standard InChI is InChI=1S/C26H22FNO7/c1-11-8-19(30)23-16(24(11)33)10-15-13(21(23)12-2-5-18(29)17(27)9-12)3-4-14-22(15)26(35)28(25(14)34)7-6-20(31)32/h2-3,5,8-9,14-15,21-22,29H,4,6-7,10H2,1H3,(H,31,32). The van der Waals surface area contributed by atoms with Gasteiger partial charge in [-0.2, -0.15) is 0 Å². The lowest BCUT2D eigenvalue weighted by atomic mass is 9.59. The van der Waals surface area contributed by atoms with Crippen LogP contribution >= 0.6 is 0 Å². The molecule has 35 heavy (non-hydrogen) atoms. The molecule has 2 N–H and O–H groups in total. The number of carboxylic acids is 1. The van der Waals surface area contributed by atoms with E-state index in [1.165, 1.54) is 25.1 Å². The van der Waals surface area contributed by atoms with E-state index < -0.39 is 53.0 Å². The number of Topliss-reactive ketones (excluding diaryl/α,β-unsaturated/α-hetero) is 1. The van der Waals surface area contributed by atoms with Crippen molar-refractivity contribution in [2.45, 2.75) is 32.1 Å². The number of carbonyl (C=O) groups excluding carboxylic acids is 4. The molecule has 1 aromatic carbocycles. The van der Waals surface area contributed by atoms with Crippen molar-refractivity contribution in [3.05, 3.63) is 64.0 Å². The number of halogens is 1. The Bertz CT molecular complexity index is 1320. The van der Waals surface area contributed by atoms with Crippen molar-refractivity contribution in [3.8, 4) is 5.75 Å². The Morgan fingerprint density at radius 1 is 1.14 bits per heavy atom. The molecule has 1 fully saturated rings. The second-order valence-corrected chi connectivity index (χ2v) is 9.41. The molecule has 1 heterocycles. The number of carboxylic acid groups (broad SMARTS) is 1. The van der Waals surface area contributed by atoms with E-state index in [1.807, 2.05) is 0 Å². The third-order valence-corrected chi connectivity index (χ3v) is 7.51. The lowest BCUT2D eigenvalue weighted by Crippen LogP contribution is -2.40. The van der Waals surface area contributed by atoms with Crippen LogP contribution in [0.1, 0.15) is 37.7 Å². The Morgan fingerprint density at radius 3 is 2.57 bits per heavy atom. The van der Waals surface area contributed by atoms with Gasteiger partial charge in [-0.3, -0.25) is 28.9 Å². The maximum atomic E-state index is 14.3. The highest BCUT2D eigenvalue weighted by atomic mass is 19.1. The topological polar surface area (TPSA) is 129 Å². The van der Waals surface area contributed by atoms with Gasteiger partial charge in [0.25, 0.3) is 0 Å². The highest BCUT2D eigenvalue weighted by molar-refractivity contribution is 6.23. The van der Waals surface area contributed by atoms with Crippen LogP contribution < -0.4 is 0 Å². The van der Waals surface area contributed by atoms with Crippen LogP contribution in [-0.4, -0.2) is 51.0 Å². The summed E-state index contributed by atoms with van der Waals surface area (Å²) in [7, 11) is 0.